The molecule has 2 bridgehead atoms. The molecule has 19 heavy (non-hydrogen) atoms. The molecule has 4 unspecified atom stereocenters. The van der Waals surface area contributed by atoms with Crippen LogP contribution in [0.5, 0.6) is 5.75 Å². The van der Waals surface area contributed by atoms with Gasteiger partial charge in [-0.2, -0.15) is 0 Å². The summed E-state index contributed by atoms with van der Waals surface area (Å²) in [6, 6.07) is 6.33. The molecule has 4 atom stereocenters. The summed E-state index contributed by atoms with van der Waals surface area (Å²) in [5.74, 6) is 3.38. The van der Waals surface area contributed by atoms with Crippen LogP contribution < -0.4 is 10.5 Å². The molecule has 1 aromatic carbocycles. The first-order chi connectivity index (χ1) is 9.19. The van der Waals surface area contributed by atoms with E-state index in [4.69, 9.17) is 10.5 Å². The minimum Gasteiger partial charge on any atom is -0.494 e. The molecule has 0 aromatic heterocycles. The lowest BCUT2D eigenvalue weighted by Gasteiger charge is -2.29. The first-order valence-corrected chi connectivity index (χ1v) is 8.16. The predicted octanol–water partition coefficient (Wildman–Crippen LogP) is 4.28. The smallest absolute Gasteiger partial charge is 0.124 e. The Hall–Kier alpha value is -0.540. The second kappa shape index (κ2) is 5.45. The number of ether oxygens (including phenoxy) is 1. The fourth-order valence-electron chi connectivity index (χ4n) is 4.03. The SMILES string of the molecule is CCOc1ccc(Br)cc1C(N)C1CC2CCC1C2. The lowest BCUT2D eigenvalue weighted by molar-refractivity contribution is 0.273. The van der Waals surface area contributed by atoms with Crippen molar-refractivity contribution >= 4 is 15.9 Å². The minimum atomic E-state index is 0.120. The first-order valence-electron chi connectivity index (χ1n) is 7.37. The number of fused-ring (bicyclic) bond motifs is 2. The Morgan fingerprint density at radius 2 is 2.21 bits per heavy atom. The number of nitrogens with two attached hydrogens (primary N) is 1. The summed E-state index contributed by atoms with van der Waals surface area (Å²) in [6.07, 6.45) is 5.51. The number of hydrogen-bond acceptors (Lipinski definition) is 2. The van der Waals surface area contributed by atoms with Crippen LogP contribution in [-0.4, -0.2) is 6.61 Å². The summed E-state index contributed by atoms with van der Waals surface area (Å²) < 4.78 is 6.84. The van der Waals surface area contributed by atoms with Gasteiger partial charge in [0.15, 0.2) is 0 Å². The lowest BCUT2D eigenvalue weighted by atomic mass is 9.81. The van der Waals surface area contributed by atoms with Gasteiger partial charge >= 0.3 is 0 Å². The molecular weight excluding hydrogens is 302 g/mol. The van der Waals surface area contributed by atoms with Gasteiger partial charge in [0.25, 0.3) is 0 Å². The van der Waals surface area contributed by atoms with E-state index in [9.17, 15) is 0 Å². The molecule has 0 heterocycles. The maximum atomic E-state index is 6.59. The number of rotatable bonds is 4. The number of halogens is 1. The van der Waals surface area contributed by atoms with Gasteiger partial charge in [-0.1, -0.05) is 22.4 Å². The fraction of sp³-hybridized carbons (Fsp3) is 0.625. The van der Waals surface area contributed by atoms with Crippen LogP contribution in [0.25, 0.3) is 0 Å². The van der Waals surface area contributed by atoms with E-state index in [-0.39, 0.29) is 6.04 Å². The van der Waals surface area contributed by atoms with Crippen molar-refractivity contribution in [2.45, 2.75) is 38.6 Å². The van der Waals surface area contributed by atoms with Crippen molar-refractivity contribution in [1.29, 1.82) is 0 Å². The van der Waals surface area contributed by atoms with Gasteiger partial charge in [0, 0.05) is 16.1 Å². The molecule has 0 aliphatic heterocycles. The van der Waals surface area contributed by atoms with E-state index in [0.29, 0.717) is 12.5 Å². The van der Waals surface area contributed by atoms with E-state index >= 15 is 0 Å². The van der Waals surface area contributed by atoms with Gasteiger partial charge in [0.1, 0.15) is 5.75 Å². The molecule has 0 saturated heterocycles. The van der Waals surface area contributed by atoms with Crippen molar-refractivity contribution in [3.63, 3.8) is 0 Å². The largest absolute Gasteiger partial charge is 0.494 e. The molecule has 2 aliphatic carbocycles. The molecule has 0 spiro atoms. The van der Waals surface area contributed by atoms with Crippen molar-refractivity contribution in [2.24, 2.45) is 23.5 Å². The normalized spacial score (nSPS) is 30.6. The van der Waals surface area contributed by atoms with E-state index in [0.717, 1.165) is 22.1 Å². The Balaban J connectivity index is 1.86. The van der Waals surface area contributed by atoms with Crippen LogP contribution in [-0.2, 0) is 0 Å². The molecule has 104 valence electrons. The Bertz CT molecular complexity index is 462. The summed E-state index contributed by atoms with van der Waals surface area (Å²) in [7, 11) is 0. The molecule has 2 aliphatic rings. The van der Waals surface area contributed by atoms with Crippen LogP contribution in [0.4, 0.5) is 0 Å². The van der Waals surface area contributed by atoms with E-state index < -0.39 is 0 Å². The highest BCUT2D eigenvalue weighted by molar-refractivity contribution is 9.10. The quantitative estimate of drug-likeness (QED) is 0.897. The monoisotopic (exact) mass is 323 g/mol. The van der Waals surface area contributed by atoms with Crippen LogP contribution in [0.15, 0.2) is 22.7 Å². The third-order valence-electron chi connectivity index (χ3n) is 4.88. The summed E-state index contributed by atoms with van der Waals surface area (Å²) >= 11 is 3.55. The standard InChI is InChI=1S/C16H22BrNO/c1-2-19-15-6-5-12(17)9-14(15)16(18)13-8-10-3-4-11(13)7-10/h5-6,9-11,13,16H,2-4,7-8,18H2,1H3. The maximum absolute atomic E-state index is 6.59. The van der Waals surface area contributed by atoms with Gasteiger partial charge in [0.2, 0.25) is 0 Å². The highest BCUT2D eigenvalue weighted by Gasteiger charge is 2.42. The summed E-state index contributed by atoms with van der Waals surface area (Å²) in [5.41, 5.74) is 7.76. The van der Waals surface area contributed by atoms with Gasteiger partial charge in [-0.05, 0) is 62.1 Å². The average Bonchev–Trinajstić information content (AvgIpc) is 3.02. The lowest BCUT2D eigenvalue weighted by Crippen LogP contribution is -2.26. The molecule has 2 N–H and O–H groups in total. The van der Waals surface area contributed by atoms with E-state index in [2.05, 4.69) is 22.0 Å². The maximum Gasteiger partial charge on any atom is 0.124 e. The molecule has 2 nitrogen and oxygen atoms in total. The van der Waals surface area contributed by atoms with Gasteiger partial charge in [-0.15, -0.1) is 0 Å². The van der Waals surface area contributed by atoms with Crippen LogP contribution in [0.2, 0.25) is 0 Å². The highest BCUT2D eigenvalue weighted by atomic mass is 79.9. The molecule has 2 fully saturated rings. The second-order valence-electron chi connectivity index (χ2n) is 5.98. The summed E-state index contributed by atoms with van der Waals surface area (Å²) in [4.78, 5) is 0. The highest BCUT2D eigenvalue weighted by Crippen LogP contribution is 2.52. The third-order valence-corrected chi connectivity index (χ3v) is 5.38. The zero-order chi connectivity index (χ0) is 13.4. The Labute approximate surface area is 123 Å². The zero-order valence-corrected chi connectivity index (χ0v) is 13.0. The van der Waals surface area contributed by atoms with Gasteiger partial charge < -0.3 is 10.5 Å². The molecule has 0 radical (unpaired) electrons. The average molecular weight is 324 g/mol. The topological polar surface area (TPSA) is 35.2 Å². The fourth-order valence-corrected chi connectivity index (χ4v) is 4.41. The van der Waals surface area contributed by atoms with E-state index in [1.54, 1.807) is 0 Å². The molecule has 2 saturated carbocycles. The molecule has 0 amide bonds. The predicted molar refractivity (Wildman–Crippen MR) is 81.2 cm³/mol. The van der Waals surface area contributed by atoms with Crippen molar-refractivity contribution in [2.75, 3.05) is 6.61 Å². The van der Waals surface area contributed by atoms with Crippen molar-refractivity contribution in [3.8, 4) is 5.75 Å². The zero-order valence-electron chi connectivity index (χ0n) is 11.4. The van der Waals surface area contributed by atoms with Gasteiger partial charge in [-0.25, -0.2) is 0 Å². The molecule has 3 rings (SSSR count). The van der Waals surface area contributed by atoms with E-state index in [1.807, 2.05) is 19.1 Å². The number of hydrogen-bond donors (Lipinski definition) is 1. The number of benzene rings is 1. The van der Waals surface area contributed by atoms with Crippen LogP contribution in [0, 0.1) is 17.8 Å². The van der Waals surface area contributed by atoms with Crippen molar-refractivity contribution < 1.29 is 4.74 Å². The third kappa shape index (κ3) is 2.55. The molecule has 1 aromatic rings. The Kier molecular flexibility index (Phi) is 3.86. The van der Waals surface area contributed by atoms with Gasteiger partial charge in [-0.3, -0.25) is 0 Å². The molecular formula is C16H22BrNO. The van der Waals surface area contributed by atoms with Crippen LogP contribution in [0.1, 0.15) is 44.2 Å². The van der Waals surface area contributed by atoms with E-state index in [1.165, 1.54) is 31.2 Å². The van der Waals surface area contributed by atoms with Crippen molar-refractivity contribution in [1.82, 2.24) is 0 Å². The Morgan fingerprint density at radius 3 is 2.84 bits per heavy atom. The van der Waals surface area contributed by atoms with Crippen LogP contribution >= 0.6 is 15.9 Å². The van der Waals surface area contributed by atoms with Crippen molar-refractivity contribution in [3.05, 3.63) is 28.2 Å². The first kappa shape index (κ1) is 13.4. The second-order valence-corrected chi connectivity index (χ2v) is 6.90. The van der Waals surface area contributed by atoms with Crippen LogP contribution in [0.3, 0.4) is 0 Å². The summed E-state index contributed by atoms with van der Waals surface area (Å²) in [6.45, 7) is 2.72. The summed E-state index contributed by atoms with van der Waals surface area (Å²) in [5, 5.41) is 0. The minimum absolute atomic E-state index is 0.120. The van der Waals surface area contributed by atoms with Gasteiger partial charge in [0.05, 0.1) is 6.61 Å². The molecule has 3 heteroatoms. The Morgan fingerprint density at radius 1 is 1.37 bits per heavy atom.